The number of hydrogen-bond donors (Lipinski definition) is 1. The molecule has 1 N–H and O–H groups in total. The van der Waals surface area contributed by atoms with E-state index in [9.17, 15) is 9.59 Å². The number of carbonyl (C=O) groups is 2. The minimum atomic E-state index is -0.920. The van der Waals surface area contributed by atoms with Crippen LogP contribution >= 0.6 is 0 Å². The lowest BCUT2D eigenvalue weighted by molar-refractivity contribution is -0.148. The first-order valence-corrected chi connectivity index (χ1v) is 5.60. The van der Waals surface area contributed by atoms with Gasteiger partial charge in [-0.2, -0.15) is 0 Å². The SMILES string of the molecule is O=C(O)[C@H]1CCCN1C(=O)Cc1ccccn1. The quantitative estimate of drug-likeness (QED) is 0.835. The molecule has 0 radical (unpaired) electrons. The Morgan fingerprint density at radius 1 is 1.47 bits per heavy atom. The van der Waals surface area contributed by atoms with Crippen molar-refractivity contribution in [3.63, 3.8) is 0 Å². The highest BCUT2D eigenvalue weighted by atomic mass is 16.4. The molecule has 1 aromatic rings. The zero-order valence-corrected chi connectivity index (χ0v) is 9.37. The van der Waals surface area contributed by atoms with Crippen molar-refractivity contribution in [3.05, 3.63) is 30.1 Å². The van der Waals surface area contributed by atoms with Gasteiger partial charge in [0.15, 0.2) is 0 Å². The fourth-order valence-corrected chi connectivity index (χ4v) is 2.08. The third-order valence-electron chi connectivity index (χ3n) is 2.92. The van der Waals surface area contributed by atoms with Crippen LogP contribution in [0.5, 0.6) is 0 Å². The van der Waals surface area contributed by atoms with E-state index in [1.807, 2.05) is 6.07 Å². The van der Waals surface area contributed by atoms with Crippen molar-refractivity contribution in [1.82, 2.24) is 9.88 Å². The molecule has 1 saturated heterocycles. The van der Waals surface area contributed by atoms with Gasteiger partial charge in [0.25, 0.3) is 0 Å². The van der Waals surface area contributed by atoms with Crippen molar-refractivity contribution in [2.24, 2.45) is 0 Å². The highest BCUT2D eigenvalue weighted by Gasteiger charge is 2.33. The molecule has 1 aliphatic rings. The van der Waals surface area contributed by atoms with E-state index in [4.69, 9.17) is 5.11 Å². The Kier molecular flexibility index (Phi) is 3.37. The summed E-state index contributed by atoms with van der Waals surface area (Å²) in [6.07, 6.45) is 3.10. The molecule has 90 valence electrons. The average Bonchev–Trinajstić information content (AvgIpc) is 2.79. The number of hydrogen-bond acceptors (Lipinski definition) is 3. The number of carboxylic acid groups (broad SMARTS) is 1. The van der Waals surface area contributed by atoms with E-state index in [2.05, 4.69) is 4.98 Å². The van der Waals surface area contributed by atoms with Crippen LogP contribution < -0.4 is 0 Å². The Hall–Kier alpha value is -1.91. The summed E-state index contributed by atoms with van der Waals surface area (Å²) in [5.74, 6) is -1.08. The Balaban J connectivity index is 2.03. The van der Waals surface area contributed by atoms with Crippen LogP contribution in [0.3, 0.4) is 0 Å². The number of pyridine rings is 1. The highest BCUT2D eigenvalue weighted by Crippen LogP contribution is 2.18. The number of likely N-dealkylation sites (tertiary alicyclic amines) is 1. The van der Waals surface area contributed by atoms with Crippen LogP contribution in [0.4, 0.5) is 0 Å². The minimum absolute atomic E-state index is 0.159. The van der Waals surface area contributed by atoms with Gasteiger partial charge in [0.1, 0.15) is 6.04 Å². The Bertz CT molecular complexity index is 419. The number of rotatable bonds is 3. The van der Waals surface area contributed by atoms with Gasteiger partial charge in [-0.25, -0.2) is 4.79 Å². The molecule has 5 nitrogen and oxygen atoms in total. The fraction of sp³-hybridized carbons (Fsp3) is 0.417. The molecule has 1 aliphatic heterocycles. The maximum Gasteiger partial charge on any atom is 0.326 e. The van der Waals surface area contributed by atoms with Gasteiger partial charge in [-0.1, -0.05) is 6.07 Å². The van der Waals surface area contributed by atoms with Crippen molar-refractivity contribution >= 4 is 11.9 Å². The normalized spacial score (nSPS) is 19.3. The summed E-state index contributed by atoms with van der Waals surface area (Å²) in [5.41, 5.74) is 0.675. The van der Waals surface area contributed by atoms with E-state index in [1.165, 1.54) is 4.90 Å². The molecule has 5 heteroatoms. The molecular weight excluding hydrogens is 220 g/mol. The number of carbonyl (C=O) groups excluding carboxylic acids is 1. The van der Waals surface area contributed by atoms with Crippen LogP contribution in [0.1, 0.15) is 18.5 Å². The van der Waals surface area contributed by atoms with Gasteiger partial charge < -0.3 is 10.0 Å². The van der Waals surface area contributed by atoms with Gasteiger partial charge in [0, 0.05) is 18.4 Å². The summed E-state index contributed by atoms with van der Waals surface area (Å²) in [6, 6.07) is 4.70. The largest absolute Gasteiger partial charge is 0.480 e. The minimum Gasteiger partial charge on any atom is -0.480 e. The molecule has 0 aromatic carbocycles. The predicted octanol–water partition coefficient (Wildman–Crippen LogP) is 0.700. The van der Waals surface area contributed by atoms with E-state index in [0.29, 0.717) is 18.7 Å². The summed E-state index contributed by atoms with van der Waals surface area (Å²) < 4.78 is 0. The molecule has 1 amide bonds. The van der Waals surface area contributed by atoms with Gasteiger partial charge in [0.2, 0.25) is 5.91 Å². The molecule has 0 bridgehead atoms. The number of aromatic nitrogens is 1. The molecule has 1 aromatic heterocycles. The molecular formula is C12H14N2O3. The van der Waals surface area contributed by atoms with E-state index in [1.54, 1.807) is 18.3 Å². The van der Waals surface area contributed by atoms with Crippen LogP contribution in [-0.2, 0) is 16.0 Å². The monoisotopic (exact) mass is 234 g/mol. The number of aliphatic carboxylic acids is 1. The summed E-state index contributed by atoms with van der Waals surface area (Å²) in [4.78, 5) is 28.4. The molecule has 0 aliphatic carbocycles. The van der Waals surface area contributed by atoms with Crippen LogP contribution in [0.25, 0.3) is 0 Å². The van der Waals surface area contributed by atoms with E-state index in [-0.39, 0.29) is 12.3 Å². The lowest BCUT2D eigenvalue weighted by atomic mass is 10.2. The Labute approximate surface area is 99.1 Å². The first-order valence-electron chi connectivity index (χ1n) is 5.60. The summed E-state index contributed by atoms with van der Waals surface area (Å²) in [5, 5.41) is 8.99. The molecule has 0 saturated carbocycles. The third kappa shape index (κ3) is 2.61. The van der Waals surface area contributed by atoms with Crippen molar-refractivity contribution < 1.29 is 14.7 Å². The lowest BCUT2D eigenvalue weighted by Gasteiger charge is -2.21. The second-order valence-electron chi connectivity index (χ2n) is 4.08. The Morgan fingerprint density at radius 2 is 2.29 bits per heavy atom. The smallest absolute Gasteiger partial charge is 0.326 e. The summed E-state index contributed by atoms with van der Waals surface area (Å²) in [6.45, 7) is 0.530. The summed E-state index contributed by atoms with van der Waals surface area (Å²) >= 11 is 0. The van der Waals surface area contributed by atoms with Crippen LogP contribution in [-0.4, -0.2) is 39.5 Å². The van der Waals surface area contributed by atoms with E-state index >= 15 is 0 Å². The molecule has 2 rings (SSSR count). The van der Waals surface area contributed by atoms with Crippen molar-refractivity contribution in [2.75, 3.05) is 6.54 Å². The number of nitrogens with zero attached hydrogens (tertiary/aromatic N) is 2. The third-order valence-corrected chi connectivity index (χ3v) is 2.92. The van der Waals surface area contributed by atoms with Crippen LogP contribution in [0, 0.1) is 0 Å². The first kappa shape index (κ1) is 11.6. The molecule has 0 spiro atoms. The standard InChI is InChI=1S/C12H14N2O3/c15-11(8-9-4-1-2-6-13-9)14-7-3-5-10(14)12(16)17/h1-2,4,6,10H,3,5,7-8H2,(H,16,17)/t10-/m1/s1. The molecule has 1 atom stereocenters. The molecule has 2 heterocycles. The molecule has 17 heavy (non-hydrogen) atoms. The van der Waals surface area contributed by atoms with Crippen LogP contribution in [0.15, 0.2) is 24.4 Å². The lowest BCUT2D eigenvalue weighted by Crippen LogP contribution is -2.41. The first-order chi connectivity index (χ1) is 8.18. The maximum absolute atomic E-state index is 12.0. The predicted molar refractivity (Wildman–Crippen MR) is 60.3 cm³/mol. The van der Waals surface area contributed by atoms with E-state index in [0.717, 1.165) is 6.42 Å². The van der Waals surface area contributed by atoms with Gasteiger partial charge in [-0.15, -0.1) is 0 Å². The number of carboxylic acids is 1. The summed E-state index contributed by atoms with van der Waals surface area (Å²) in [7, 11) is 0. The van der Waals surface area contributed by atoms with Crippen LogP contribution in [0.2, 0.25) is 0 Å². The average molecular weight is 234 g/mol. The van der Waals surface area contributed by atoms with Crippen molar-refractivity contribution in [1.29, 1.82) is 0 Å². The van der Waals surface area contributed by atoms with E-state index < -0.39 is 12.0 Å². The maximum atomic E-state index is 12.0. The van der Waals surface area contributed by atoms with Crippen molar-refractivity contribution in [3.8, 4) is 0 Å². The Morgan fingerprint density at radius 3 is 2.94 bits per heavy atom. The van der Waals surface area contributed by atoms with Gasteiger partial charge >= 0.3 is 5.97 Å². The fourth-order valence-electron chi connectivity index (χ4n) is 2.08. The van der Waals surface area contributed by atoms with Gasteiger partial charge in [0.05, 0.1) is 6.42 Å². The second kappa shape index (κ2) is 4.95. The molecule has 1 fully saturated rings. The van der Waals surface area contributed by atoms with Gasteiger partial charge in [-0.3, -0.25) is 9.78 Å². The highest BCUT2D eigenvalue weighted by molar-refractivity contribution is 5.85. The zero-order valence-electron chi connectivity index (χ0n) is 9.37. The second-order valence-corrected chi connectivity index (χ2v) is 4.08. The zero-order chi connectivity index (χ0) is 12.3. The molecule has 0 unspecified atom stereocenters. The van der Waals surface area contributed by atoms with Gasteiger partial charge in [-0.05, 0) is 25.0 Å². The van der Waals surface area contributed by atoms with Crippen molar-refractivity contribution in [2.45, 2.75) is 25.3 Å². The number of amides is 1. The topological polar surface area (TPSA) is 70.5 Å².